The van der Waals surface area contributed by atoms with E-state index in [-0.39, 0.29) is 0 Å². The van der Waals surface area contributed by atoms with Gasteiger partial charge in [0.05, 0.1) is 0 Å². The summed E-state index contributed by atoms with van der Waals surface area (Å²) >= 11 is 6.88. The van der Waals surface area contributed by atoms with E-state index in [0.717, 1.165) is 24.6 Å². The van der Waals surface area contributed by atoms with Crippen molar-refractivity contribution in [2.45, 2.75) is 20.3 Å². The smallest absolute Gasteiger partial charge is 0.166 e. The first-order valence-corrected chi connectivity index (χ1v) is 6.56. The summed E-state index contributed by atoms with van der Waals surface area (Å²) in [4.78, 5) is 0. The molecule has 0 spiro atoms. The van der Waals surface area contributed by atoms with E-state index in [2.05, 4.69) is 41.3 Å². The molecular weight excluding hydrogens is 224 g/mol. The van der Waals surface area contributed by atoms with Crippen LogP contribution < -0.4 is 10.6 Å². The summed E-state index contributed by atoms with van der Waals surface area (Å²) in [6, 6.07) is 2.15. The molecule has 0 aliphatic heterocycles. The zero-order valence-electron chi connectivity index (χ0n) is 9.25. The van der Waals surface area contributed by atoms with Crippen molar-refractivity contribution in [3.63, 3.8) is 0 Å². The van der Waals surface area contributed by atoms with Crippen LogP contribution in [0.3, 0.4) is 0 Å². The van der Waals surface area contributed by atoms with E-state index >= 15 is 0 Å². The van der Waals surface area contributed by atoms with Crippen molar-refractivity contribution in [2.24, 2.45) is 5.92 Å². The lowest BCUT2D eigenvalue weighted by molar-refractivity contribution is 0.619. The van der Waals surface area contributed by atoms with Gasteiger partial charge in [-0.3, -0.25) is 0 Å². The molecule has 84 valence electrons. The minimum atomic E-state index is 0.627. The highest BCUT2D eigenvalue weighted by Crippen LogP contribution is 2.05. The van der Waals surface area contributed by atoms with Crippen molar-refractivity contribution in [1.82, 2.24) is 10.6 Å². The molecule has 15 heavy (non-hydrogen) atoms. The molecule has 0 aromatic carbocycles. The lowest BCUT2D eigenvalue weighted by Crippen LogP contribution is -2.38. The number of hydrogen-bond acceptors (Lipinski definition) is 2. The molecule has 1 aromatic heterocycles. The van der Waals surface area contributed by atoms with Crippen LogP contribution >= 0.6 is 23.6 Å². The Morgan fingerprint density at radius 3 is 2.87 bits per heavy atom. The van der Waals surface area contributed by atoms with Crippen molar-refractivity contribution >= 4 is 28.7 Å². The van der Waals surface area contributed by atoms with Gasteiger partial charge in [0.2, 0.25) is 0 Å². The van der Waals surface area contributed by atoms with E-state index in [9.17, 15) is 0 Å². The molecule has 1 aromatic rings. The van der Waals surface area contributed by atoms with Crippen molar-refractivity contribution < 1.29 is 0 Å². The van der Waals surface area contributed by atoms with Crippen LogP contribution in [0.4, 0.5) is 0 Å². The normalized spacial score (nSPS) is 10.3. The lowest BCUT2D eigenvalue weighted by atomic mass is 10.2. The molecule has 0 saturated heterocycles. The van der Waals surface area contributed by atoms with E-state index in [1.165, 1.54) is 5.56 Å². The molecule has 2 N–H and O–H groups in total. The Kier molecular flexibility index (Phi) is 5.65. The monoisotopic (exact) mass is 242 g/mol. The molecule has 0 saturated carbocycles. The lowest BCUT2D eigenvalue weighted by Gasteiger charge is -2.11. The number of thiophene rings is 1. The van der Waals surface area contributed by atoms with Crippen molar-refractivity contribution in [2.75, 3.05) is 13.1 Å². The fourth-order valence-electron chi connectivity index (χ4n) is 1.11. The first-order chi connectivity index (χ1) is 7.18. The summed E-state index contributed by atoms with van der Waals surface area (Å²) in [5.74, 6) is 0.627. The maximum Gasteiger partial charge on any atom is 0.166 e. The molecule has 0 atom stereocenters. The molecule has 2 nitrogen and oxygen atoms in total. The van der Waals surface area contributed by atoms with Crippen molar-refractivity contribution in [1.29, 1.82) is 0 Å². The van der Waals surface area contributed by atoms with Crippen molar-refractivity contribution in [3.8, 4) is 0 Å². The molecule has 0 fully saturated rings. The van der Waals surface area contributed by atoms with Gasteiger partial charge >= 0.3 is 0 Å². The van der Waals surface area contributed by atoms with E-state index in [1.54, 1.807) is 11.3 Å². The predicted octanol–water partition coefficient (Wildman–Crippen LogP) is 2.41. The van der Waals surface area contributed by atoms with Gasteiger partial charge in [-0.15, -0.1) is 0 Å². The second-order valence-electron chi connectivity index (χ2n) is 3.91. The van der Waals surface area contributed by atoms with Gasteiger partial charge in [0, 0.05) is 13.1 Å². The second kappa shape index (κ2) is 6.80. The molecule has 1 heterocycles. The Bertz CT molecular complexity index is 281. The highest BCUT2D eigenvalue weighted by molar-refractivity contribution is 7.80. The van der Waals surface area contributed by atoms with Gasteiger partial charge in [0.25, 0.3) is 0 Å². The van der Waals surface area contributed by atoms with Crippen LogP contribution in [0.5, 0.6) is 0 Å². The molecule has 0 amide bonds. The third kappa shape index (κ3) is 5.74. The molecule has 0 bridgehead atoms. The Balaban J connectivity index is 2.07. The maximum absolute atomic E-state index is 5.15. The summed E-state index contributed by atoms with van der Waals surface area (Å²) in [5.41, 5.74) is 1.37. The average molecular weight is 242 g/mol. The van der Waals surface area contributed by atoms with Crippen LogP contribution in [0.1, 0.15) is 19.4 Å². The van der Waals surface area contributed by atoms with Crippen LogP contribution in [0.25, 0.3) is 0 Å². The fraction of sp³-hybridized carbons (Fsp3) is 0.545. The molecular formula is C11H18N2S2. The number of hydrogen-bond donors (Lipinski definition) is 2. The Morgan fingerprint density at radius 2 is 2.27 bits per heavy atom. The van der Waals surface area contributed by atoms with E-state index < -0.39 is 0 Å². The molecule has 0 aliphatic rings. The summed E-state index contributed by atoms with van der Waals surface area (Å²) in [5, 5.41) is 11.4. The number of rotatable bonds is 5. The standard InChI is InChI=1S/C11H18N2S2/c1-9(2)7-13-11(14)12-5-3-10-4-6-15-8-10/h4,6,8-9H,3,5,7H2,1-2H3,(H2,12,13,14). The zero-order valence-corrected chi connectivity index (χ0v) is 10.9. The topological polar surface area (TPSA) is 24.1 Å². The zero-order chi connectivity index (χ0) is 11.1. The predicted molar refractivity (Wildman–Crippen MR) is 71.5 cm³/mol. The van der Waals surface area contributed by atoms with Gasteiger partial charge in [-0.25, -0.2) is 0 Å². The number of thiocarbonyl (C=S) groups is 1. The number of nitrogens with one attached hydrogen (secondary N) is 2. The van der Waals surface area contributed by atoms with Gasteiger partial charge in [0.15, 0.2) is 5.11 Å². The van der Waals surface area contributed by atoms with Crippen LogP contribution in [0.15, 0.2) is 16.8 Å². The van der Waals surface area contributed by atoms with Gasteiger partial charge < -0.3 is 10.6 Å². The average Bonchev–Trinajstić information content (AvgIpc) is 2.67. The summed E-state index contributed by atoms with van der Waals surface area (Å²) in [6.07, 6.45) is 1.03. The SMILES string of the molecule is CC(C)CNC(=S)NCCc1ccsc1. The van der Waals surface area contributed by atoms with Gasteiger partial charge in [-0.2, -0.15) is 11.3 Å². The molecule has 0 unspecified atom stereocenters. The van der Waals surface area contributed by atoms with Crippen LogP contribution in [-0.2, 0) is 6.42 Å². The van der Waals surface area contributed by atoms with Gasteiger partial charge in [-0.05, 0) is 46.9 Å². The van der Waals surface area contributed by atoms with E-state index in [4.69, 9.17) is 12.2 Å². The summed E-state index contributed by atoms with van der Waals surface area (Å²) in [7, 11) is 0. The Hall–Kier alpha value is -0.610. The maximum atomic E-state index is 5.15. The van der Waals surface area contributed by atoms with Gasteiger partial charge in [-0.1, -0.05) is 13.8 Å². The Morgan fingerprint density at radius 1 is 1.47 bits per heavy atom. The summed E-state index contributed by atoms with van der Waals surface area (Å²) < 4.78 is 0. The molecule has 1 rings (SSSR count). The van der Waals surface area contributed by atoms with Crippen LogP contribution in [0, 0.1) is 5.92 Å². The van der Waals surface area contributed by atoms with Crippen LogP contribution in [0.2, 0.25) is 0 Å². The highest BCUT2D eigenvalue weighted by atomic mass is 32.1. The Labute approximate surface area is 101 Å². The molecule has 0 radical (unpaired) electrons. The van der Waals surface area contributed by atoms with Crippen LogP contribution in [-0.4, -0.2) is 18.2 Å². The first kappa shape index (κ1) is 12.5. The third-order valence-corrected chi connectivity index (χ3v) is 2.97. The first-order valence-electron chi connectivity index (χ1n) is 5.21. The summed E-state index contributed by atoms with van der Waals surface area (Å²) in [6.45, 7) is 6.17. The van der Waals surface area contributed by atoms with Gasteiger partial charge in [0.1, 0.15) is 0 Å². The fourth-order valence-corrected chi connectivity index (χ4v) is 2.00. The van der Waals surface area contributed by atoms with Crippen molar-refractivity contribution in [3.05, 3.63) is 22.4 Å². The highest BCUT2D eigenvalue weighted by Gasteiger charge is 1.97. The second-order valence-corrected chi connectivity index (χ2v) is 5.10. The minimum absolute atomic E-state index is 0.627. The quantitative estimate of drug-likeness (QED) is 0.775. The minimum Gasteiger partial charge on any atom is -0.362 e. The third-order valence-electron chi connectivity index (χ3n) is 1.95. The van der Waals surface area contributed by atoms with E-state index in [1.807, 2.05) is 0 Å². The van der Waals surface area contributed by atoms with E-state index in [0.29, 0.717) is 5.92 Å². The molecule has 0 aliphatic carbocycles. The molecule has 4 heteroatoms. The largest absolute Gasteiger partial charge is 0.362 e.